The van der Waals surface area contributed by atoms with Gasteiger partial charge in [-0.2, -0.15) is 0 Å². The molecule has 0 saturated carbocycles. The summed E-state index contributed by atoms with van der Waals surface area (Å²) < 4.78 is 5.19. The van der Waals surface area contributed by atoms with Crippen molar-refractivity contribution < 1.29 is 19.1 Å². The van der Waals surface area contributed by atoms with Crippen molar-refractivity contribution in [2.24, 2.45) is 23.7 Å². The predicted octanol–water partition coefficient (Wildman–Crippen LogP) is 5.29. The third kappa shape index (κ3) is 6.81. The number of rotatable bonds is 11. The molecule has 1 saturated heterocycles. The first-order chi connectivity index (χ1) is 15.1. The zero-order chi connectivity index (χ0) is 23.8. The van der Waals surface area contributed by atoms with Crippen LogP contribution in [-0.2, 0) is 14.3 Å². The molecule has 1 aromatic rings. The SMILES string of the molecule is CC[C@@H](C)C(=O)N(C)CC[C@@H](C)C[C@H](C)[C@H](C)CC(=O)N1C(=O)OC[C@H]1c1ccccc1. The Labute approximate surface area is 193 Å². The van der Waals surface area contributed by atoms with Crippen LogP contribution in [0.4, 0.5) is 4.79 Å². The Bertz CT molecular complexity index is 766. The fourth-order valence-electron chi connectivity index (χ4n) is 4.25. The third-order valence-electron chi connectivity index (χ3n) is 6.94. The second-order valence-electron chi connectivity index (χ2n) is 9.62. The highest BCUT2D eigenvalue weighted by Crippen LogP contribution is 2.31. The lowest BCUT2D eigenvalue weighted by Gasteiger charge is -2.27. The molecule has 1 aromatic carbocycles. The molecule has 5 atom stereocenters. The van der Waals surface area contributed by atoms with E-state index < -0.39 is 6.09 Å². The number of carbonyl (C=O) groups excluding carboxylic acids is 3. The Kier molecular flexibility index (Phi) is 9.73. The van der Waals surface area contributed by atoms with Gasteiger partial charge in [0, 0.05) is 25.9 Å². The zero-order valence-electron chi connectivity index (χ0n) is 20.5. The van der Waals surface area contributed by atoms with Crippen molar-refractivity contribution in [1.82, 2.24) is 9.80 Å². The lowest BCUT2D eigenvalue weighted by atomic mass is 9.84. The van der Waals surface area contributed by atoms with Gasteiger partial charge in [0.1, 0.15) is 12.6 Å². The molecule has 178 valence electrons. The Morgan fingerprint density at radius 3 is 2.41 bits per heavy atom. The van der Waals surface area contributed by atoms with E-state index in [1.54, 1.807) is 0 Å². The molecule has 0 aliphatic carbocycles. The summed E-state index contributed by atoms with van der Waals surface area (Å²) in [6.45, 7) is 11.4. The minimum Gasteiger partial charge on any atom is -0.446 e. The lowest BCUT2D eigenvalue weighted by molar-refractivity contribution is -0.134. The van der Waals surface area contributed by atoms with Crippen molar-refractivity contribution >= 4 is 17.9 Å². The zero-order valence-corrected chi connectivity index (χ0v) is 20.5. The number of ether oxygens (including phenoxy) is 1. The maximum Gasteiger partial charge on any atom is 0.417 e. The minimum absolute atomic E-state index is 0.0669. The molecule has 0 bridgehead atoms. The predicted molar refractivity (Wildman–Crippen MR) is 126 cm³/mol. The molecule has 1 fully saturated rings. The van der Waals surface area contributed by atoms with Crippen LogP contribution in [0.3, 0.4) is 0 Å². The Balaban J connectivity index is 1.85. The lowest BCUT2D eigenvalue weighted by Crippen LogP contribution is -2.36. The topological polar surface area (TPSA) is 66.9 Å². The molecule has 6 nitrogen and oxygen atoms in total. The summed E-state index contributed by atoms with van der Waals surface area (Å²) in [7, 11) is 1.88. The van der Waals surface area contributed by atoms with Crippen molar-refractivity contribution in [2.45, 2.75) is 66.3 Å². The number of benzene rings is 1. The summed E-state index contributed by atoms with van der Waals surface area (Å²) in [6.07, 6.45) is 2.55. The molecule has 1 heterocycles. The Hall–Kier alpha value is -2.37. The van der Waals surface area contributed by atoms with Crippen LogP contribution in [0.15, 0.2) is 30.3 Å². The Morgan fingerprint density at radius 2 is 1.78 bits per heavy atom. The number of hydrogen-bond acceptors (Lipinski definition) is 4. The monoisotopic (exact) mass is 444 g/mol. The molecule has 6 heteroatoms. The summed E-state index contributed by atoms with van der Waals surface area (Å²) in [5, 5.41) is 0. The largest absolute Gasteiger partial charge is 0.446 e. The van der Waals surface area contributed by atoms with Crippen molar-refractivity contribution in [3.63, 3.8) is 0 Å². The van der Waals surface area contributed by atoms with Crippen LogP contribution in [0.2, 0.25) is 0 Å². The highest BCUT2D eigenvalue weighted by Gasteiger charge is 2.39. The van der Waals surface area contributed by atoms with Gasteiger partial charge in [-0.1, -0.05) is 65.0 Å². The van der Waals surface area contributed by atoms with Crippen molar-refractivity contribution in [1.29, 1.82) is 0 Å². The number of imide groups is 1. The normalized spacial score (nSPS) is 19.8. The molecule has 0 radical (unpaired) electrons. The highest BCUT2D eigenvalue weighted by molar-refractivity contribution is 5.93. The summed E-state index contributed by atoms with van der Waals surface area (Å²) in [6, 6.07) is 9.21. The van der Waals surface area contributed by atoms with Gasteiger partial charge in [0.15, 0.2) is 0 Å². The molecule has 0 aromatic heterocycles. The van der Waals surface area contributed by atoms with Gasteiger partial charge in [0.2, 0.25) is 11.8 Å². The molecular weight excluding hydrogens is 404 g/mol. The quantitative estimate of drug-likeness (QED) is 0.465. The molecule has 0 spiro atoms. The van der Waals surface area contributed by atoms with Crippen LogP contribution in [0.1, 0.15) is 71.9 Å². The van der Waals surface area contributed by atoms with Crippen LogP contribution in [0.25, 0.3) is 0 Å². The number of amides is 3. The number of carbonyl (C=O) groups is 3. The van der Waals surface area contributed by atoms with Gasteiger partial charge in [-0.05, 0) is 42.6 Å². The summed E-state index contributed by atoms with van der Waals surface area (Å²) in [4.78, 5) is 40.6. The van der Waals surface area contributed by atoms with E-state index in [0.29, 0.717) is 18.3 Å². The van der Waals surface area contributed by atoms with E-state index >= 15 is 0 Å². The first kappa shape index (κ1) is 25.9. The molecule has 0 unspecified atom stereocenters. The van der Waals surface area contributed by atoms with Crippen LogP contribution < -0.4 is 0 Å². The highest BCUT2D eigenvalue weighted by atomic mass is 16.6. The van der Waals surface area contributed by atoms with Crippen molar-refractivity contribution in [2.75, 3.05) is 20.2 Å². The fourth-order valence-corrected chi connectivity index (χ4v) is 4.25. The van der Waals surface area contributed by atoms with E-state index in [2.05, 4.69) is 20.8 Å². The van der Waals surface area contributed by atoms with E-state index in [4.69, 9.17) is 4.74 Å². The van der Waals surface area contributed by atoms with Gasteiger partial charge in [-0.25, -0.2) is 9.69 Å². The summed E-state index contributed by atoms with van der Waals surface area (Å²) in [5.41, 5.74) is 0.914. The second-order valence-corrected chi connectivity index (χ2v) is 9.62. The Morgan fingerprint density at radius 1 is 1.12 bits per heavy atom. The molecule has 1 aliphatic heterocycles. The first-order valence-electron chi connectivity index (χ1n) is 11.9. The maximum atomic E-state index is 13.0. The molecule has 32 heavy (non-hydrogen) atoms. The standard InChI is InChI=1S/C26H40N2O4/c1-7-19(3)25(30)27(6)14-13-18(2)15-20(4)21(5)16-24(29)28-23(17-32-26(28)31)22-11-9-8-10-12-22/h8-12,18-21,23H,7,13-17H2,1-6H3/t18-,19-,20+,21-,23+/m1/s1. The minimum atomic E-state index is -0.550. The maximum absolute atomic E-state index is 13.0. The van der Waals surface area contributed by atoms with Crippen molar-refractivity contribution in [3.8, 4) is 0 Å². The van der Waals surface area contributed by atoms with Crippen LogP contribution in [0, 0.1) is 23.7 Å². The van der Waals surface area contributed by atoms with Gasteiger partial charge in [-0.15, -0.1) is 0 Å². The second kappa shape index (κ2) is 12.0. The van der Waals surface area contributed by atoms with E-state index in [9.17, 15) is 14.4 Å². The van der Waals surface area contributed by atoms with Crippen LogP contribution in [-0.4, -0.2) is 47.9 Å². The molecule has 3 amide bonds. The summed E-state index contributed by atoms with van der Waals surface area (Å²) >= 11 is 0. The van der Waals surface area contributed by atoms with E-state index in [1.807, 2.05) is 56.1 Å². The van der Waals surface area contributed by atoms with Gasteiger partial charge in [0.05, 0.1) is 0 Å². The smallest absolute Gasteiger partial charge is 0.417 e. The number of cyclic esters (lactones) is 1. The third-order valence-corrected chi connectivity index (χ3v) is 6.94. The van der Waals surface area contributed by atoms with Crippen LogP contribution in [0.5, 0.6) is 0 Å². The number of hydrogen-bond donors (Lipinski definition) is 0. The fraction of sp³-hybridized carbons (Fsp3) is 0.654. The van der Waals surface area contributed by atoms with E-state index in [1.165, 1.54) is 4.90 Å². The van der Waals surface area contributed by atoms with Crippen LogP contribution >= 0.6 is 0 Å². The van der Waals surface area contributed by atoms with Gasteiger partial charge >= 0.3 is 6.09 Å². The molecule has 2 rings (SSSR count). The molecule has 1 aliphatic rings. The van der Waals surface area contributed by atoms with E-state index in [-0.39, 0.29) is 36.3 Å². The van der Waals surface area contributed by atoms with Crippen molar-refractivity contribution in [3.05, 3.63) is 35.9 Å². The van der Waals surface area contributed by atoms with Gasteiger partial charge in [0.25, 0.3) is 0 Å². The van der Waals surface area contributed by atoms with E-state index in [0.717, 1.165) is 31.4 Å². The first-order valence-corrected chi connectivity index (χ1v) is 11.9. The number of nitrogens with zero attached hydrogens (tertiary/aromatic N) is 2. The molecular formula is C26H40N2O4. The molecule has 0 N–H and O–H groups in total. The van der Waals surface area contributed by atoms with Gasteiger partial charge in [-0.3, -0.25) is 9.59 Å². The average molecular weight is 445 g/mol. The average Bonchev–Trinajstić information content (AvgIpc) is 3.18. The summed E-state index contributed by atoms with van der Waals surface area (Å²) in [5.74, 6) is 1.03. The van der Waals surface area contributed by atoms with Gasteiger partial charge < -0.3 is 9.64 Å².